The molecule has 4 heterocycles. The van der Waals surface area contributed by atoms with Gasteiger partial charge in [-0.25, -0.2) is 0 Å². The molecule has 0 unspecified atom stereocenters. The normalized spacial score (nSPS) is 16.1. The molecule has 12 rings (SSSR count). The van der Waals surface area contributed by atoms with Crippen LogP contribution >= 0.6 is 11.6 Å². The van der Waals surface area contributed by atoms with Crippen LogP contribution in [-0.2, 0) is 9.59 Å². The molecule has 0 spiro atoms. The standard InChI is InChI=1S/C36H31ClN2O2.C23H22N2O2/c1-24-16-28-14-8-9-15-29(28)30(17-24)31-18-34-33(19-32(31)37)39(35(40)23-41-34)22-25-20-38(21-25)36(26-10-4-2-5-11-26)27-12-6-3-7-13-27;1-15-8-17-4-2-3-5-19(17)20(9-15)18-6-7-21-22(10-18)27-14-23(26)25(21)13-16-11-24-12-16/h2-19,25,36H,20-23H2,1H3;2-10,16,24H,11-14H2,1H3. The second kappa shape index (κ2) is 18.6. The van der Waals surface area contributed by atoms with Crippen molar-refractivity contribution in [3.8, 4) is 33.8 Å². The maximum Gasteiger partial charge on any atom is 0.265 e. The molecule has 9 heteroatoms. The van der Waals surface area contributed by atoms with Crippen LogP contribution in [0.2, 0.25) is 5.02 Å². The largest absolute Gasteiger partial charge is 0.482 e. The first-order valence-corrected chi connectivity index (χ1v) is 24.0. The fourth-order valence-electron chi connectivity index (χ4n) is 10.4. The summed E-state index contributed by atoms with van der Waals surface area (Å²) in [5.74, 6) is 2.41. The van der Waals surface area contributed by atoms with Crippen LogP contribution in [0.3, 0.4) is 0 Å². The predicted molar refractivity (Wildman–Crippen MR) is 275 cm³/mol. The summed E-state index contributed by atoms with van der Waals surface area (Å²) >= 11 is 6.94. The maximum atomic E-state index is 13.1. The van der Waals surface area contributed by atoms with E-state index in [0.717, 1.165) is 71.9 Å². The minimum atomic E-state index is -0.0246. The lowest BCUT2D eigenvalue weighted by Crippen LogP contribution is -2.54. The van der Waals surface area contributed by atoms with E-state index in [4.69, 9.17) is 21.1 Å². The number of carbonyl (C=O) groups excluding carboxylic acids is 2. The molecule has 0 aliphatic carbocycles. The lowest BCUT2D eigenvalue weighted by atomic mass is 9.89. The molecule has 4 aliphatic rings. The van der Waals surface area contributed by atoms with Gasteiger partial charge in [0.1, 0.15) is 11.5 Å². The quantitative estimate of drug-likeness (QED) is 0.155. The number of rotatable bonds is 9. The topological polar surface area (TPSA) is 74.4 Å². The van der Waals surface area contributed by atoms with E-state index in [-0.39, 0.29) is 31.1 Å². The zero-order valence-electron chi connectivity index (χ0n) is 38.3. The molecule has 68 heavy (non-hydrogen) atoms. The molecule has 0 aromatic heterocycles. The highest BCUT2D eigenvalue weighted by Crippen LogP contribution is 2.45. The molecule has 2 fully saturated rings. The molecule has 0 atom stereocenters. The van der Waals surface area contributed by atoms with Crippen molar-refractivity contribution in [2.75, 3.05) is 62.3 Å². The Bertz CT molecular complexity index is 3150. The Morgan fingerprint density at radius 3 is 1.69 bits per heavy atom. The van der Waals surface area contributed by atoms with Crippen LogP contribution in [0.1, 0.15) is 28.3 Å². The number of carbonyl (C=O) groups is 2. The number of anilines is 2. The summed E-state index contributed by atoms with van der Waals surface area (Å²) in [7, 11) is 0. The maximum absolute atomic E-state index is 13.1. The number of hydrogen-bond acceptors (Lipinski definition) is 6. The first-order chi connectivity index (χ1) is 33.2. The van der Waals surface area contributed by atoms with Crippen molar-refractivity contribution < 1.29 is 19.1 Å². The van der Waals surface area contributed by atoms with Crippen LogP contribution < -0.4 is 24.6 Å². The second-order valence-corrected chi connectivity index (χ2v) is 19.1. The summed E-state index contributed by atoms with van der Waals surface area (Å²) in [6.07, 6.45) is 0. The van der Waals surface area contributed by atoms with Crippen molar-refractivity contribution >= 4 is 56.3 Å². The lowest BCUT2D eigenvalue weighted by Gasteiger charge is -2.46. The van der Waals surface area contributed by atoms with Gasteiger partial charge in [-0.2, -0.15) is 0 Å². The number of benzene rings is 8. The molecule has 4 aliphatic heterocycles. The monoisotopic (exact) mass is 916 g/mol. The third-order valence-electron chi connectivity index (χ3n) is 13.8. The van der Waals surface area contributed by atoms with Crippen molar-refractivity contribution in [3.05, 3.63) is 191 Å². The number of likely N-dealkylation sites (tertiary alicyclic amines) is 1. The van der Waals surface area contributed by atoms with Crippen LogP contribution in [0.15, 0.2) is 164 Å². The molecule has 0 saturated carbocycles. The van der Waals surface area contributed by atoms with E-state index in [9.17, 15) is 9.59 Å². The van der Waals surface area contributed by atoms with E-state index in [0.29, 0.717) is 29.2 Å². The van der Waals surface area contributed by atoms with Crippen molar-refractivity contribution in [1.82, 2.24) is 10.2 Å². The molecular formula is C59H53ClN4O4. The van der Waals surface area contributed by atoms with Gasteiger partial charge in [-0.05, 0) is 98.6 Å². The molecule has 1 N–H and O–H groups in total. The molecule has 0 bridgehead atoms. The van der Waals surface area contributed by atoms with E-state index in [1.165, 1.54) is 44.0 Å². The lowest BCUT2D eigenvalue weighted by molar-refractivity contribution is -0.122. The Morgan fingerprint density at radius 2 is 1.09 bits per heavy atom. The highest BCUT2D eigenvalue weighted by molar-refractivity contribution is 6.34. The zero-order valence-corrected chi connectivity index (χ0v) is 39.1. The minimum absolute atomic E-state index is 0.0246. The van der Waals surface area contributed by atoms with Gasteiger partial charge in [-0.1, -0.05) is 151 Å². The Hall–Kier alpha value is -6.97. The van der Waals surface area contributed by atoms with Gasteiger partial charge in [0.05, 0.1) is 22.4 Å². The predicted octanol–water partition coefficient (Wildman–Crippen LogP) is 11.7. The zero-order chi connectivity index (χ0) is 46.3. The number of nitrogens with zero attached hydrogens (tertiary/aromatic N) is 3. The van der Waals surface area contributed by atoms with Gasteiger partial charge in [-0.3, -0.25) is 14.5 Å². The first kappa shape index (κ1) is 43.6. The molecular weight excluding hydrogens is 864 g/mol. The highest BCUT2D eigenvalue weighted by Gasteiger charge is 2.38. The fraction of sp³-hybridized carbons (Fsp3) is 0.220. The summed E-state index contributed by atoms with van der Waals surface area (Å²) in [5, 5.41) is 8.67. The summed E-state index contributed by atoms with van der Waals surface area (Å²) in [4.78, 5) is 31.8. The summed E-state index contributed by atoms with van der Waals surface area (Å²) in [5.41, 5.74) is 10.9. The first-order valence-electron chi connectivity index (χ1n) is 23.6. The van der Waals surface area contributed by atoms with Crippen LogP contribution in [0, 0.1) is 25.7 Å². The van der Waals surface area contributed by atoms with Crippen molar-refractivity contribution in [2.24, 2.45) is 11.8 Å². The number of hydrogen-bond donors (Lipinski definition) is 1. The van der Waals surface area contributed by atoms with Gasteiger partial charge in [0.25, 0.3) is 11.8 Å². The summed E-state index contributed by atoms with van der Waals surface area (Å²) in [6, 6.07) is 57.2. The van der Waals surface area contributed by atoms with Crippen molar-refractivity contribution in [1.29, 1.82) is 0 Å². The molecule has 340 valence electrons. The second-order valence-electron chi connectivity index (χ2n) is 18.7. The number of nitrogens with one attached hydrogen (secondary N) is 1. The third-order valence-corrected chi connectivity index (χ3v) is 14.1. The van der Waals surface area contributed by atoms with E-state index >= 15 is 0 Å². The molecule has 0 radical (unpaired) electrons. The van der Waals surface area contributed by atoms with Gasteiger partial charge in [-0.15, -0.1) is 0 Å². The SMILES string of the molecule is Cc1cc(-c2cc3c(cc2Cl)N(CC2CN(C(c4ccccc4)c4ccccc4)C2)C(=O)CO3)c2ccccc2c1.Cc1cc(-c2ccc3c(c2)OCC(=O)N3CC2CNC2)c2ccccc2c1. The third kappa shape index (κ3) is 8.60. The van der Waals surface area contributed by atoms with Crippen LogP contribution in [0.25, 0.3) is 43.8 Å². The van der Waals surface area contributed by atoms with Crippen LogP contribution in [0.5, 0.6) is 11.5 Å². The Kier molecular flexibility index (Phi) is 11.9. The molecule has 8 nitrogen and oxygen atoms in total. The van der Waals surface area contributed by atoms with Gasteiger partial charge >= 0.3 is 0 Å². The molecule has 2 amide bonds. The number of ether oxygens (including phenoxy) is 2. The Morgan fingerprint density at radius 1 is 0.559 bits per heavy atom. The number of amides is 2. The summed E-state index contributed by atoms with van der Waals surface area (Å²) in [6.45, 7) is 9.56. The van der Waals surface area contributed by atoms with Crippen LogP contribution in [-0.4, -0.2) is 69.2 Å². The smallest absolute Gasteiger partial charge is 0.265 e. The van der Waals surface area contributed by atoms with E-state index in [1.807, 2.05) is 34.1 Å². The van der Waals surface area contributed by atoms with E-state index < -0.39 is 0 Å². The minimum Gasteiger partial charge on any atom is -0.482 e. The van der Waals surface area contributed by atoms with Crippen LogP contribution in [0.4, 0.5) is 11.4 Å². The Labute approximate surface area is 402 Å². The van der Waals surface area contributed by atoms with Crippen molar-refractivity contribution in [2.45, 2.75) is 19.9 Å². The van der Waals surface area contributed by atoms with E-state index in [1.54, 1.807) is 0 Å². The molecule has 8 aromatic rings. The average molecular weight is 918 g/mol. The van der Waals surface area contributed by atoms with Crippen molar-refractivity contribution in [3.63, 3.8) is 0 Å². The number of halogens is 1. The Balaban J connectivity index is 0.000000162. The van der Waals surface area contributed by atoms with Gasteiger partial charge in [0, 0.05) is 56.7 Å². The number of fused-ring (bicyclic) bond motifs is 4. The molecule has 2 saturated heterocycles. The summed E-state index contributed by atoms with van der Waals surface area (Å²) < 4.78 is 11.8. The van der Waals surface area contributed by atoms with Gasteiger partial charge in [0.2, 0.25) is 0 Å². The number of aryl methyl sites for hydroxylation is 2. The van der Waals surface area contributed by atoms with Gasteiger partial charge in [0.15, 0.2) is 13.2 Å². The highest BCUT2D eigenvalue weighted by atomic mass is 35.5. The molecule has 8 aromatic carbocycles. The fourth-order valence-corrected chi connectivity index (χ4v) is 10.7. The van der Waals surface area contributed by atoms with Gasteiger partial charge < -0.3 is 24.6 Å². The average Bonchev–Trinajstić information content (AvgIpc) is 3.33. The van der Waals surface area contributed by atoms with E-state index in [2.05, 4.69) is 164 Å².